The number of hydrogen-bond acceptors (Lipinski definition) is 7. The van der Waals surface area contributed by atoms with Crippen LogP contribution in [-0.4, -0.2) is 47.5 Å². The monoisotopic (exact) mass is 372 g/mol. The highest BCUT2D eigenvalue weighted by molar-refractivity contribution is 7.90. The van der Waals surface area contributed by atoms with E-state index < -0.39 is 9.84 Å². The molecular formula is C17H20N6O2S. The molecule has 0 saturated carbocycles. The Bertz CT molecular complexity index is 1020. The maximum absolute atomic E-state index is 11.5. The van der Waals surface area contributed by atoms with Crippen LogP contribution in [0, 0.1) is 0 Å². The minimum atomic E-state index is -3.21. The van der Waals surface area contributed by atoms with Crippen molar-refractivity contribution in [3.8, 4) is 0 Å². The van der Waals surface area contributed by atoms with E-state index in [1.807, 2.05) is 4.68 Å². The normalized spacial score (nSPS) is 16.0. The number of benzene rings is 1. The molecule has 0 amide bonds. The molecule has 8 nitrogen and oxygen atoms in total. The largest absolute Gasteiger partial charge is 0.324 e. The van der Waals surface area contributed by atoms with E-state index in [-0.39, 0.29) is 4.90 Å². The van der Waals surface area contributed by atoms with Gasteiger partial charge in [0.05, 0.1) is 22.5 Å². The van der Waals surface area contributed by atoms with E-state index in [4.69, 9.17) is 0 Å². The van der Waals surface area contributed by atoms with Gasteiger partial charge in [-0.25, -0.2) is 18.1 Å². The second-order valence-electron chi connectivity index (χ2n) is 6.46. The van der Waals surface area contributed by atoms with Crippen LogP contribution in [-0.2, 0) is 9.84 Å². The third kappa shape index (κ3) is 3.40. The summed E-state index contributed by atoms with van der Waals surface area (Å²) in [5, 5.41) is 11.9. The van der Waals surface area contributed by atoms with Gasteiger partial charge in [-0.3, -0.25) is 0 Å². The maximum Gasteiger partial charge on any atom is 0.229 e. The molecule has 0 radical (unpaired) electrons. The van der Waals surface area contributed by atoms with Gasteiger partial charge in [-0.1, -0.05) is 0 Å². The van der Waals surface area contributed by atoms with Gasteiger partial charge in [0.25, 0.3) is 0 Å². The van der Waals surface area contributed by atoms with Crippen LogP contribution in [0.3, 0.4) is 0 Å². The summed E-state index contributed by atoms with van der Waals surface area (Å²) in [5.74, 6) is 0.459. The molecule has 1 aliphatic rings. The van der Waals surface area contributed by atoms with Gasteiger partial charge >= 0.3 is 0 Å². The Hall–Kier alpha value is -2.52. The number of nitrogens with zero attached hydrogens (tertiary/aromatic N) is 4. The van der Waals surface area contributed by atoms with Crippen molar-refractivity contribution in [3.63, 3.8) is 0 Å². The molecule has 1 saturated heterocycles. The molecule has 1 aliphatic heterocycles. The molecule has 0 spiro atoms. The van der Waals surface area contributed by atoms with Crippen LogP contribution in [0.4, 0.5) is 11.6 Å². The third-order valence-electron chi connectivity index (χ3n) is 4.53. The fraction of sp³-hybridized carbons (Fsp3) is 0.353. The minimum absolute atomic E-state index is 0.281. The van der Waals surface area contributed by atoms with Gasteiger partial charge in [0.15, 0.2) is 15.5 Å². The van der Waals surface area contributed by atoms with E-state index in [0.717, 1.165) is 42.7 Å². The number of sulfone groups is 1. The zero-order chi connectivity index (χ0) is 18.1. The lowest BCUT2D eigenvalue weighted by Gasteiger charge is -2.23. The molecule has 136 valence electrons. The van der Waals surface area contributed by atoms with Gasteiger partial charge in [-0.05, 0) is 50.2 Å². The Morgan fingerprint density at radius 1 is 1.15 bits per heavy atom. The molecule has 0 atom stereocenters. The van der Waals surface area contributed by atoms with E-state index in [1.165, 1.54) is 6.26 Å². The van der Waals surface area contributed by atoms with Crippen molar-refractivity contribution in [2.24, 2.45) is 0 Å². The Morgan fingerprint density at radius 3 is 2.58 bits per heavy atom. The first kappa shape index (κ1) is 16.9. The number of anilines is 2. The lowest BCUT2D eigenvalue weighted by atomic mass is 10.1. The Kier molecular flexibility index (Phi) is 4.33. The van der Waals surface area contributed by atoms with Crippen molar-refractivity contribution < 1.29 is 8.42 Å². The van der Waals surface area contributed by atoms with E-state index in [1.54, 1.807) is 36.7 Å². The molecule has 9 heteroatoms. The topological polar surface area (TPSA) is 102 Å². The Balaban J connectivity index is 1.60. The molecule has 0 bridgehead atoms. The van der Waals surface area contributed by atoms with Gasteiger partial charge in [0, 0.05) is 18.1 Å². The molecule has 0 aliphatic carbocycles. The fourth-order valence-electron chi connectivity index (χ4n) is 3.13. The third-order valence-corrected chi connectivity index (χ3v) is 5.66. The minimum Gasteiger partial charge on any atom is -0.324 e. The Morgan fingerprint density at radius 2 is 1.88 bits per heavy atom. The van der Waals surface area contributed by atoms with Crippen LogP contribution in [0.2, 0.25) is 0 Å². The van der Waals surface area contributed by atoms with Crippen LogP contribution >= 0.6 is 0 Å². The summed E-state index contributed by atoms with van der Waals surface area (Å²) in [5.41, 5.74) is 1.53. The highest BCUT2D eigenvalue weighted by Gasteiger charge is 2.19. The van der Waals surface area contributed by atoms with Crippen LogP contribution in [0.15, 0.2) is 41.6 Å². The quantitative estimate of drug-likeness (QED) is 0.721. The standard InChI is InChI=1S/C17H20N6O2S/c1-26(24,25)15-4-2-13(3-5-15)21-17-19-10-12-11-20-23(16(12)22-17)14-6-8-18-9-7-14/h2-5,10-11,14,18H,6-9H2,1H3,(H,19,21,22). The van der Waals surface area contributed by atoms with Crippen LogP contribution in [0.1, 0.15) is 18.9 Å². The summed E-state index contributed by atoms with van der Waals surface area (Å²) in [4.78, 5) is 9.22. The van der Waals surface area contributed by atoms with Crippen molar-refractivity contribution in [2.45, 2.75) is 23.8 Å². The number of hydrogen-bond donors (Lipinski definition) is 2. The molecular weight excluding hydrogens is 352 g/mol. The number of fused-ring (bicyclic) bond motifs is 1. The molecule has 3 heterocycles. The predicted molar refractivity (Wildman–Crippen MR) is 99.3 cm³/mol. The highest BCUT2D eigenvalue weighted by atomic mass is 32.2. The molecule has 0 unspecified atom stereocenters. The van der Waals surface area contributed by atoms with E-state index in [2.05, 4.69) is 25.7 Å². The van der Waals surface area contributed by atoms with Crippen LogP contribution < -0.4 is 10.6 Å². The van der Waals surface area contributed by atoms with Crippen molar-refractivity contribution in [3.05, 3.63) is 36.7 Å². The smallest absolute Gasteiger partial charge is 0.229 e. The number of aromatic nitrogens is 4. The lowest BCUT2D eigenvalue weighted by Crippen LogP contribution is -2.29. The number of rotatable bonds is 4. The van der Waals surface area contributed by atoms with Crippen molar-refractivity contribution in [1.29, 1.82) is 0 Å². The summed E-state index contributed by atoms with van der Waals surface area (Å²) >= 11 is 0. The van der Waals surface area contributed by atoms with E-state index >= 15 is 0 Å². The van der Waals surface area contributed by atoms with Gasteiger partial charge in [0.1, 0.15) is 0 Å². The molecule has 4 rings (SSSR count). The lowest BCUT2D eigenvalue weighted by molar-refractivity contribution is 0.350. The van der Waals surface area contributed by atoms with E-state index in [9.17, 15) is 8.42 Å². The Labute approximate surface area is 151 Å². The maximum atomic E-state index is 11.5. The molecule has 26 heavy (non-hydrogen) atoms. The molecule has 2 aromatic heterocycles. The number of nitrogens with one attached hydrogen (secondary N) is 2. The van der Waals surface area contributed by atoms with Gasteiger partial charge in [0.2, 0.25) is 5.95 Å². The summed E-state index contributed by atoms with van der Waals surface area (Å²) < 4.78 is 25.1. The molecule has 3 aromatic rings. The molecule has 1 fully saturated rings. The average molecular weight is 372 g/mol. The SMILES string of the molecule is CS(=O)(=O)c1ccc(Nc2ncc3cnn(C4CCNCC4)c3n2)cc1. The first-order valence-electron chi connectivity index (χ1n) is 8.49. The van der Waals surface area contributed by atoms with Crippen LogP contribution in [0.25, 0.3) is 11.0 Å². The number of piperidine rings is 1. The zero-order valence-electron chi connectivity index (χ0n) is 14.4. The van der Waals surface area contributed by atoms with Crippen molar-refractivity contribution >= 4 is 32.5 Å². The van der Waals surface area contributed by atoms with Crippen LogP contribution in [0.5, 0.6) is 0 Å². The summed E-state index contributed by atoms with van der Waals surface area (Å²) in [6.45, 7) is 1.96. The van der Waals surface area contributed by atoms with Gasteiger partial charge < -0.3 is 10.6 Å². The second kappa shape index (κ2) is 6.65. The average Bonchev–Trinajstić information content (AvgIpc) is 3.05. The fourth-order valence-corrected chi connectivity index (χ4v) is 3.76. The van der Waals surface area contributed by atoms with Gasteiger partial charge in [-0.2, -0.15) is 10.1 Å². The molecule has 2 N–H and O–H groups in total. The van der Waals surface area contributed by atoms with Gasteiger partial charge in [-0.15, -0.1) is 0 Å². The highest BCUT2D eigenvalue weighted by Crippen LogP contribution is 2.24. The zero-order valence-corrected chi connectivity index (χ0v) is 15.2. The predicted octanol–water partition coefficient (Wildman–Crippen LogP) is 1.90. The molecule has 1 aromatic carbocycles. The summed E-state index contributed by atoms with van der Waals surface area (Å²) in [6, 6.07) is 6.87. The van der Waals surface area contributed by atoms with E-state index in [0.29, 0.717) is 12.0 Å². The summed E-state index contributed by atoms with van der Waals surface area (Å²) in [7, 11) is -3.21. The van der Waals surface area contributed by atoms with Crippen molar-refractivity contribution in [2.75, 3.05) is 24.7 Å². The van der Waals surface area contributed by atoms with Crippen molar-refractivity contribution in [1.82, 2.24) is 25.1 Å². The summed E-state index contributed by atoms with van der Waals surface area (Å²) in [6.07, 6.45) is 6.78. The first-order valence-corrected chi connectivity index (χ1v) is 10.4. The second-order valence-corrected chi connectivity index (χ2v) is 8.48. The first-order chi connectivity index (χ1) is 12.5.